The first kappa shape index (κ1) is 21.1. The van der Waals surface area contributed by atoms with Gasteiger partial charge >= 0.3 is 5.69 Å². The molecule has 9 nitrogen and oxygen atoms in total. The number of carbonyl (C=O) groups excluding carboxylic acids is 1. The summed E-state index contributed by atoms with van der Waals surface area (Å²) in [7, 11) is 0. The fourth-order valence-corrected chi connectivity index (χ4v) is 3.79. The average molecular weight is 452 g/mol. The molecule has 0 atom stereocenters. The number of benzene rings is 3. The first-order valence-electron chi connectivity index (χ1n) is 10.6. The van der Waals surface area contributed by atoms with Gasteiger partial charge in [0.15, 0.2) is 5.82 Å². The SMILES string of the molecule is O=C(Nc1ccn(Cc2cccc3ccccc23)n1)c1ccc(Cn2cc([N+](=O)[O-])cn2)cc1. The lowest BCUT2D eigenvalue weighted by atomic mass is 10.0. The molecule has 1 amide bonds. The molecule has 0 aliphatic heterocycles. The van der Waals surface area contributed by atoms with Gasteiger partial charge in [-0.15, -0.1) is 0 Å². The molecule has 5 aromatic rings. The van der Waals surface area contributed by atoms with Crippen LogP contribution in [0.2, 0.25) is 0 Å². The third-order valence-corrected chi connectivity index (χ3v) is 5.49. The second kappa shape index (κ2) is 8.99. The van der Waals surface area contributed by atoms with Crippen LogP contribution in [0.1, 0.15) is 21.5 Å². The molecular weight excluding hydrogens is 432 g/mol. The van der Waals surface area contributed by atoms with Crippen LogP contribution in [0.5, 0.6) is 0 Å². The molecule has 0 saturated carbocycles. The molecule has 0 saturated heterocycles. The van der Waals surface area contributed by atoms with Crippen molar-refractivity contribution in [1.82, 2.24) is 19.6 Å². The van der Waals surface area contributed by atoms with Crippen molar-refractivity contribution in [2.75, 3.05) is 5.32 Å². The number of nitrogens with one attached hydrogen (secondary N) is 1. The summed E-state index contributed by atoms with van der Waals surface area (Å²) >= 11 is 0. The number of carbonyl (C=O) groups is 1. The van der Waals surface area contributed by atoms with Gasteiger partial charge in [0.2, 0.25) is 0 Å². The maximum Gasteiger partial charge on any atom is 0.307 e. The van der Waals surface area contributed by atoms with E-state index in [9.17, 15) is 14.9 Å². The van der Waals surface area contributed by atoms with Gasteiger partial charge in [-0.25, -0.2) is 0 Å². The zero-order valence-corrected chi connectivity index (χ0v) is 18.0. The summed E-state index contributed by atoms with van der Waals surface area (Å²) in [5, 5.41) is 24.4. The van der Waals surface area contributed by atoms with Crippen molar-refractivity contribution in [3.8, 4) is 0 Å². The molecule has 0 radical (unpaired) electrons. The van der Waals surface area contributed by atoms with Gasteiger partial charge in [-0.05, 0) is 34.0 Å². The second-order valence-corrected chi connectivity index (χ2v) is 7.84. The van der Waals surface area contributed by atoms with E-state index in [1.807, 2.05) is 24.4 Å². The molecule has 0 aliphatic carbocycles. The van der Waals surface area contributed by atoms with E-state index in [1.165, 1.54) is 27.8 Å². The van der Waals surface area contributed by atoms with E-state index >= 15 is 0 Å². The van der Waals surface area contributed by atoms with Gasteiger partial charge < -0.3 is 5.32 Å². The fraction of sp³-hybridized carbons (Fsp3) is 0.0800. The number of rotatable bonds is 7. The van der Waals surface area contributed by atoms with E-state index in [0.29, 0.717) is 24.5 Å². The summed E-state index contributed by atoms with van der Waals surface area (Å²) in [4.78, 5) is 22.9. The van der Waals surface area contributed by atoms with E-state index in [1.54, 1.807) is 35.0 Å². The normalized spacial score (nSPS) is 10.9. The molecule has 0 unspecified atom stereocenters. The van der Waals surface area contributed by atoms with Gasteiger partial charge in [0.25, 0.3) is 5.91 Å². The van der Waals surface area contributed by atoms with Crippen LogP contribution >= 0.6 is 0 Å². The Morgan fingerprint density at radius 1 is 0.941 bits per heavy atom. The van der Waals surface area contributed by atoms with E-state index in [-0.39, 0.29) is 11.6 Å². The lowest BCUT2D eigenvalue weighted by Gasteiger charge is -2.07. The molecule has 1 N–H and O–H groups in total. The smallest absolute Gasteiger partial charge is 0.305 e. The Kier molecular flexibility index (Phi) is 5.57. The summed E-state index contributed by atoms with van der Waals surface area (Å²) in [5.74, 6) is 0.204. The average Bonchev–Trinajstić information content (AvgIpc) is 3.49. The molecular formula is C25H20N6O3. The standard InChI is InChI=1S/C25H20N6O3/c32-25(20-10-8-18(9-11-20)15-30-17-22(14-26-30)31(33)34)27-24-12-13-29(28-24)16-21-6-3-5-19-4-1-2-7-23(19)21/h1-14,17H,15-16H2,(H,27,28,32). The van der Waals surface area contributed by atoms with Gasteiger partial charge in [-0.1, -0.05) is 54.6 Å². The number of hydrogen-bond acceptors (Lipinski definition) is 5. The monoisotopic (exact) mass is 452 g/mol. The minimum atomic E-state index is -0.486. The van der Waals surface area contributed by atoms with Crippen molar-refractivity contribution in [3.63, 3.8) is 0 Å². The quantitative estimate of drug-likeness (QED) is 0.289. The van der Waals surface area contributed by atoms with Crippen molar-refractivity contribution in [3.05, 3.63) is 118 Å². The summed E-state index contributed by atoms with van der Waals surface area (Å²) in [6, 6.07) is 23.2. The van der Waals surface area contributed by atoms with Crippen LogP contribution in [0.25, 0.3) is 10.8 Å². The molecule has 0 bridgehead atoms. The number of fused-ring (bicyclic) bond motifs is 1. The van der Waals surface area contributed by atoms with Crippen LogP contribution in [-0.2, 0) is 13.1 Å². The number of aromatic nitrogens is 4. The zero-order chi connectivity index (χ0) is 23.5. The van der Waals surface area contributed by atoms with Crippen LogP contribution < -0.4 is 5.32 Å². The molecule has 34 heavy (non-hydrogen) atoms. The summed E-state index contributed by atoms with van der Waals surface area (Å²) in [6.45, 7) is 0.964. The highest BCUT2D eigenvalue weighted by molar-refractivity contribution is 6.03. The largest absolute Gasteiger partial charge is 0.307 e. The van der Waals surface area contributed by atoms with Gasteiger partial charge in [-0.2, -0.15) is 10.2 Å². The minimum absolute atomic E-state index is 0.0594. The zero-order valence-electron chi connectivity index (χ0n) is 18.0. The highest BCUT2D eigenvalue weighted by atomic mass is 16.6. The first-order chi connectivity index (χ1) is 16.5. The Hall–Kier alpha value is -4.79. The maximum absolute atomic E-state index is 12.7. The van der Waals surface area contributed by atoms with Crippen LogP contribution in [0.4, 0.5) is 11.5 Å². The predicted molar refractivity (Wildman–Crippen MR) is 128 cm³/mol. The van der Waals surface area contributed by atoms with Gasteiger partial charge in [0.05, 0.1) is 18.0 Å². The maximum atomic E-state index is 12.7. The predicted octanol–water partition coefficient (Wildman–Crippen LogP) is 4.49. The van der Waals surface area contributed by atoms with Crippen molar-refractivity contribution >= 4 is 28.2 Å². The minimum Gasteiger partial charge on any atom is -0.305 e. The van der Waals surface area contributed by atoms with Crippen molar-refractivity contribution in [1.29, 1.82) is 0 Å². The molecule has 9 heteroatoms. The fourth-order valence-electron chi connectivity index (χ4n) is 3.79. The molecule has 5 rings (SSSR count). The Balaban J connectivity index is 1.23. The summed E-state index contributed by atoms with van der Waals surface area (Å²) in [6.07, 6.45) is 4.42. The van der Waals surface area contributed by atoms with Gasteiger partial charge in [0, 0.05) is 17.8 Å². The Labute approximate surface area is 194 Å². The van der Waals surface area contributed by atoms with E-state index in [0.717, 1.165) is 11.1 Å². The highest BCUT2D eigenvalue weighted by Gasteiger charge is 2.11. The van der Waals surface area contributed by atoms with Gasteiger partial charge in [-0.3, -0.25) is 24.3 Å². The number of nitro groups is 1. The molecule has 0 fully saturated rings. The molecule has 2 aromatic heterocycles. The van der Waals surface area contributed by atoms with Crippen LogP contribution in [0.3, 0.4) is 0 Å². The number of nitrogens with zero attached hydrogens (tertiary/aromatic N) is 5. The molecule has 2 heterocycles. The van der Waals surface area contributed by atoms with Crippen LogP contribution in [-0.4, -0.2) is 30.4 Å². The van der Waals surface area contributed by atoms with Crippen LogP contribution in [0.15, 0.2) is 91.4 Å². The number of amides is 1. The lowest BCUT2D eigenvalue weighted by molar-refractivity contribution is -0.385. The molecule has 0 aliphatic rings. The summed E-state index contributed by atoms with van der Waals surface area (Å²) < 4.78 is 3.28. The topological polar surface area (TPSA) is 108 Å². The van der Waals surface area contributed by atoms with E-state index in [2.05, 4.69) is 39.8 Å². The van der Waals surface area contributed by atoms with Crippen molar-refractivity contribution in [2.24, 2.45) is 0 Å². The number of hydrogen-bond donors (Lipinski definition) is 1. The number of anilines is 1. The third-order valence-electron chi connectivity index (χ3n) is 5.49. The van der Waals surface area contributed by atoms with Crippen molar-refractivity contribution < 1.29 is 9.72 Å². The van der Waals surface area contributed by atoms with Crippen molar-refractivity contribution in [2.45, 2.75) is 13.1 Å². The van der Waals surface area contributed by atoms with Crippen LogP contribution in [0, 0.1) is 10.1 Å². The van der Waals surface area contributed by atoms with E-state index < -0.39 is 4.92 Å². The van der Waals surface area contributed by atoms with E-state index in [4.69, 9.17) is 0 Å². The van der Waals surface area contributed by atoms with Gasteiger partial charge in [0.1, 0.15) is 12.4 Å². The molecule has 3 aromatic carbocycles. The Bertz CT molecular complexity index is 1480. The highest BCUT2D eigenvalue weighted by Crippen LogP contribution is 2.20. The lowest BCUT2D eigenvalue weighted by Crippen LogP contribution is -2.13. The molecule has 168 valence electrons. The second-order valence-electron chi connectivity index (χ2n) is 7.84. The molecule has 0 spiro atoms. The Morgan fingerprint density at radius 2 is 1.74 bits per heavy atom. The third kappa shape index (κ3) is 4.53. The summed E-state index contributed by atoms with van der Waals surface area (Å²) in [5.41, 5.74) is 2.45. The first-order valence-corrected chi connectivity index (χ1v) is 10.6. The Morgan fingerprint density at radius 3 is 2.53 bits per heavy atom.